The zero-order valence-corrected chi connectivity index (χ0v) is 15.3. The number of piperidine rings is 1. The Balaban J connectivity index is 1.45. The van der Waals surface area contributed by atoms with E-state index in [2.05, 4.69) is 22.3 Å². The number of halogens is 2. The zero-order valence-electron chi connectivity index (χ0n) is 15.3. The third-order valence-electron chi connectivity index (χ3n) is 6.25. The molecule has 0 spiro atoms. The van der Waals surface area contributed by atoms with Crippen LogP contribution in [0.5, 0.6) is 0 Å². The molecule has 4 rings (SSSR count). The largest absolute Gasteiger partial charge is 0.300 e. The van der Waals surface area contributed by atoms with Gasteiger partial charge in [0.15, 0.2) is 18.3 Å². The number of hydrogen-bond donors (Lipinski definition) is 1. The summed E-state index contributed by atoms with van der Waals surface area (Å²) < 4.78 is 29.2. The van der Waals surface area contributed by atoms with Crippen LogP contribution in [0.2, 0.25) is 0 Å². The number of hydrogen-bond acceptors (Lipinski definition) is 3. The van der Waals surface area contributed by atoms with E-state index in [1.165, 1.54) is 0 Å². The number of rotatable bonds is 4. The Morgan fingerprint density at radius 3 is 2.67 bits per heavy atom. The average molecular weight is 373 g/mol. The Morgan fingerprint density at radius 1 is 1.22 bits per heavy atom. The molecule has 2 atom stereocenters. The highest BCUT2D eigenvalue weighted by Crippen LogP contribution is 2.40. The number of alkyl halides is 2. The maximum atomic E-state index is 15.1. The van der Waals surface area contributed by atoms with Crippen LogP contribution in [0.4, 0.5) is 8.78 Å². The molecule has 2 heterocycles. The average Bonchev–Trinajstić information content (AvgIpc) is 3.24. The van der Waals surface area contributed by atoms with Crippen LogP contribution in [0.1, 0.15) is 50.0 Å². The predicted molar refractivity (Wildman–Crippen MR) is 99.8 cm³/mol. The van der Waals surface area contributed by atoms with Crippen LogP contribution in [0, 0.1) is 0 Å². The number of likely N-dealkylation sites (tertiary alicyclic amines) is 1. The van der Waals surface area contributed by atoms with Gasteiger partial charge in [0.25, 0.3) is 0 Å². The number of carbonyl (C=O) groups excluding carboxylic acids is 1. The molecule has 1 N–H and O–H groups in total. The minimum Gasteiger partial charge on any atom is -0.300 e. The molecule has 0 radical (unpaired) electrons. The van der Waals surface area contributed by atoms with E-state index in [4.69, 9.17) is 0 Å². The van der Waals surface area contributed by atoms with Gasteiger partial charge in [-0.05, 0) is 55.6 Å². The van der Waals surface area contributed by atoms with Gasteiger partial charge in [0.2, 0.25) is 0 Å². The SMILES string of the molecule is O=CC1(F)CCC(N2CCC(c3ccccc3-c3cn[nH]c3)CC2F)CC1. The molecule has 2 fully saturated rings. The number of aromatic nitrogens is 2. The quantitative estimate of drug-likeness (QED) is 0.638. The molecule has 1 aromatic heterocycles. The van der Waals surface area contributed by atoms with Gasteiger partial charge in [-0.1, -0.05) is 24.3 Å². The number of carbonyl (C=O) groups is 1. The summed E-state index contributed by atoms with van der Waals surface area (Å²) in [4.78, 5) is 12.8. The molecule has 0 bridgehead atoms. The first-order valence-corrected chi connectivity index (χ1v) is 9.73. The minimum atomic E-state index is -1.70. The third-order valence-corrected chi connectivity index (χ3v) is 6.25. The summed E-state index contributed by atoms with van der Waals surface area (Å²) in [5.41, 5.74) is 1.57. The van der Waals surface area contributed by atoms with Gasteiger partial charge in [0, 0.05) is 24.3 Å². The normalized spacial score (nSPS) is 32.3. The van der Waals surface area contributed by atoms with Crippen molar-refractivity contribution in [3.05, 3.63) is 42.2 Å². The molecule has 1 saturated heterocycles. The lowest BCUT2D eigenvalue weighted by Crippen LogP contribution is -2.49. The van der Waals surface area contributed by atoms with Gasteiger partial charge in [-0.15, -0.1) is 0 Å². The van der Waals surface area contributed by atoms with Crippen molar-refractivity contribution in [1.29, 1.82) is 0 Å². The lowest BCUT2D eigenvalue weighted by atomic mass is 9.81. The fraction of sp³-hybridized carbons (Fsp3) is 0.524. The number of benzene rings is 1. The van der Waals surface area contributed by atoms with Crippen molar-refractivity contribution < 1.29 is 13.6 Å². The summed E-state index contributed by atoms with van der Waals surface area (Å²) in [7, 11) is 0. The van der Waals surface area contributed by atoms with Crippen LogP contribution < -0.4 is 0 Å². The zero-order chi connectivity index (χ0) is 18.9. The van der Waals surface area contributed by atoms with E-state index in [9.17, 15) is 9.18 Å². The van der Waals surface area contributed by atoms with Gasteiger partial charge in [-0.2, -0.15) is 5.10 Å². The first kappa shape index (κ1) is 18.3. The van der Waals surface area contributed by atoms with Gasteiger partial charge in [-0.3, -0.25) is 14.8 Å². The van der Waals surface area contributed by atoms with Crippen LogP contribution in [-0.4, -0.2) is 45.9 Å². The Labute approximate surface area is 158 Å². The number of nitrogens with one attached hydrogen (secondary N) is 1. The predicted octanol–water partition coefficient (Wildman–Crippen LogP) is 4.40. The molecular formula is C21H25F2N3O. The molecule has 1 saturated carbocycles. The van der Waals surface area contributed by atoms with E-state index in [-0.39, 0.29) is 24.8 Å². The van der Waals surface area contributed by atoms with Crippen molar-refractivity contribution in [3.63, 3.8) is 0 Å². The van der Waals surface area contributed by atoms with Crippen molar-refractivity contribution in [2.75, 3.05) is 6.54 Å². The first-order chi connectivity index (χ1) is 13.1. The molecule has 1 aliphatic carbocycles. The molecule has 1 aromatic carbocycles. The smallest absolute Gasteiger partial charge is 0.165 e. The maximum Gasteiger partial charge on any atom is 0.165 e. The van der Waals surface area contributed by atoms with Gasteiger partial charge in [0.1, 0.15) is 0 Å². The summed E-state index contributed by atoms with van der Waals surface area (Å²) >= 11 is 0. The molecule has 6 heteroatoms. The molecule has 27 heavy (non-hydrogen) atoms. The van der Waals surface area contributed by atoms with Crippen LogP contribution in [0.3, 0.4) is 0 Å². The topological polar surface area (TPSA) is 49.0 Å². The van der Waals surface area contributed by atoms with Crippen LogP contribution in [0.15, 0.2) is 36.7 Å². The fourth-order valence-electron chi connectivity index (χ4n) is 4.67. The van der Waals surface area contributed by atoms with Crippen LogP contribution >= 0.6 is 0 Å². The molecule has 1 aliphatic heterocycles. The van der Waals surface area contributed by atoms with Crippen molar-refractivity contribution in [2.24, 2.45) is 0 Å². The lowest BCUT2D eigenvalue weighted by molar-refractivity contribution is -0.121. The van der Waals surface area contributed by atoms with E-state index in [0.717, 1.165) is 23.1 Å². The number of nitrogens with zero attached hydrogens (tertiary/aromatic N) is 2. The molecular weight excluding hydrogens is 348 g/mol. The molecule has 144 valence electrons. The number of aldehydes is 1. The van der Waals surface area contributed by atoms with Gasteiger partial charge in [-0.25, -0.2) is 8.78 Å². The molecule has 2 aromatic rings. The highest BCUT2D eigenvalue weighted by atomic mass is 19.1. The van der Waals surface area contributed by atoms with Gasteiger partial charge < -0.3 is 0 Å². The fourth-order valence-corrected chi connectivity index (χ4v) is 4.67. The van der Waals surface area contributed by atoms with Crippen molar-refractivity contribution in [2.45, 2.75) is 62.4 Å². The van der Waals surface area contributed by atoms with Crippen LogP contribution in [-0.2, 0) is 4.79 Å². The van der Waals surface area contributed by atoms with E-state index in [1.807, 2.05) is 23.2 Å². The van der Waals surface area contributed by atoms with E-state index in [0.29, 0.717) is 32.1 Å². The van der Waals surface area contributed by atoms with E-state index < -0.39 is 12.0 Å². The second-order valence-corrected chi connectivity index (χ2v) is 7.85. The molecule has 2 aliphatic rings. The second kappa shape index (κ2) is 7.50. The van der Waals surface area contributed by atoms with E-state index in [1.54, 1.807) is 6.20 Å². The van der Waals surface area contributed by atoms with Crippen LogP contribution in [0.25, 0.3) is 11.1 Å². The Kier molecular flexibility index (Phi) is 5.08. The number of H-pyrrole nitrogens is 1. The lowest BCUT2D eigenvalue weighted by Gasteiger charge is -2.43. The minimum absolute atomic E-state index is 0.0360. The maximum absolute atomic E-state index is 15.1. The summed E-state index contributed by atoms with van der Waals surface area (Å²) in [5.74, 6) is 0.154. The summed E-state index contributed by atoms with van der Waals surface area (Å²) in [5, 5.41) is 6.87. The monoisotopic (exact) mass is 373 g/mol. The summed E-state index contributed by atoms with van der Waals surface area (Å²) in [6.45, 7) is 0.663. The van der Waals surface area contributed by atoms with Gasteiger partial charge in [0.05, 0.1) is 6.20 Å². The highest BCUT2D eigenvalue weighted by molar-refractivity contribution is 5.66. The summed E-state index contributed by atoms with van der Waals surface area (Å²) in [6.07, 6.45) is 5.87. The standard InChI is InChI=1S/C21H25F2N3O/c22-20-11-15(18-3-1-2-4-19(18)16-12-24-25-13-16)7-10-26(20)17-5-8-21(23,14-27)9-6-17/h1-4,12-15,17,20H,5-11H2,(H,24,25). The highest BCUT2D eigenvalue weighted by Gasteiger charge is 2.40. The summed E-state index contributed by atoms with van der Waals surface area (Å²) in [6, 6.07) is 8.17. The molecule has 4 nitrogen and oxygen atoms in total. The first-order valence-electron chi connectivity index (χ1n) is 9.73. The van der Waals surface area contributed by atoms with Crippen molar-refractivity contribution in [3.8, 4) is 11.1 Å². The Morgan fingerprint density at radius 2 is 2.00 bits per heavy atom. The molecule has 0 amide bonds. The van der Waals surface area contributed by atoms with Crippen molar-refractivity contribution >= 4 is 6.29 Å². The van der Waals surface area contributed by atoms with Crippen molar-refractivity contribution in [1.82, 2.24) is 15.1 Å². The second-order valence-electron chi connectivity index (χ2n) is 7.85. The Bertz CT molecular complexity index is 771. The molecule has 2 unspecified atom stereocenters. The number of aromatic amines is 1. The van der Waals surface area contributed by atoms with E-state index >= 15 is 4.39 Å². The van der Waals surface area contributed by atoms with Gasteiger partial charge >= 0.3 is 0 Å². The Hall–Kier alpha value is -2.08. The third kappa shape index (κ3) is 3.68.